The van der Waals surface area contributed by atoms with Crippen LogP contribution in [0.4, 0.5) is 0 Å². The predicted octanol–water partition coefficient (Wildman–Crippen LogP) is 18.1. The number of carbonyl (C=O) groups excluding carboxylic acids is 3. The van der Waals surface area contributed by atoms with Gasteiger partial charge in [0, 0.05) is 19.3 Å². The lowest BCUT2D eigenvalue weighted by Gasteiger charge is -2.18. The number of hydrogen-bond donors (Lipinski definition) is 0. The van der Waals surface area contributed by atoms with E-state index in [2.05, 4.69) is 51.2 Å². The zero-order valence-corrected chi connectivity index (χ0v) is 42.1. The molecule has 0 N–H and O–H groups in total. The van der Waals surface area contributed by atoms with Crippen LogP contribution in [0.25, 0.3) is 0 Å². The molecule has 0 aromatic carbocycles. The van der Waals surface area contributed by atoms with Crippen molar-refractivity contribution in [2.45, 2.75) is 297 Å². The second-order valence-corrected chi connectivity index (χ2v) is 18.5. The molecule has 368 valence electrons. The van der Waals surface area contributed by atoms with E-state index in [1.807, 2.05) is 6.08 Å². The molecule has 0 bridgehead atoms. The molecule has 6 heteroatoms. The fourth-order valence-corrected chi connectivity index (χ4v) is 7.96. The van der Waals surface area contributed by atoms with E-state index in [1.165, 1.54) is 180 Å². The van der Waals surface area contributed by atoms with E-state index in [1.54, 1.807) is 0 Å². The molecule has 0 saturated carbocycles. The number of allylic oxidation sites excluding steroid dienone is 6. The molecule has 0 heterocycles. The van der Waals surface area contributed by atoms with Crippen molar-refractivity contribution >= 4 is 17.9 Å². The molecule has 0 rings (SSSR count). The van der Waals surface area contributed by atoms with E-state index in [0.717, 1.165) is 64.2 Å². The molecule has 1 atom stereocenters. The number of esters is 3. The Hall–Kier alpha value is -2.37. The van der Waals surface area contributed by atoms with Crippen LogP contribution in [0.2, 0.25) is 0 Å². The van der Waals surface area contributed by atoms with Gasteiger partial charge in [0.1, 0.15) is 13.2 Å². The standard InChI is InChI=1S/C57H104O6/c1-4-7-10-13-16-19-22-25-26-27-28-29-30-33-35-38-41-44-47-50-56(59)62-53-54(63-57(60)51-48-45-42-39-36-32-24-21-18-15-12-9-6-3)52-61-55(58)49-46-43-40-37-34-31-23-20-17-14-11-8-5-2/h31-32,34,36,42,45,54H,4-30,33,35,37-41,43-44,46-53H2,1-3H3/b34-31-,36-32-,45-42-. The fourth-order valence-electron chi connectivity index (χ4n) is 7.96. The molecule has 6 nitrogen and oxygen atoms in total. The van der Waals surface area contributed by atoms with Crippen molar-refractivity contribution in [1.82, 2.24) is 0 Å². The van der Waals surface area contributed by atoms with E-state index in [0.29, 0.717) is 19.3 Å². The number of ether oxygens (including phenoxy) is 3. The van der Waals surface area contributed by atoms with Gasteiger partial charge in [0.25, 0.3) is 0 Å². The summed E-state index contributed by atoms with van der Waals surface area (Å²) in [6, 6.07) is 0. The SMILES string of the molecule is CCCCCCCC/C=C\C/C=C\CCC(=O)OC(COC(=O)CCCCC/C=C\CCCCCCCC)COC(=O)CCCCCCCCCCCCCCCCCCCCC. The van der Waals surface area contributed by atoms with Crippen LogP contribution >= 0.6 is 0 Å². The van der Waals surface area contributed by atoms with E-state index in [9.17, 15) is 14.4 Å². The third-order valence-corrected chi connectivity index (χ3v) is 12.1. The van der Waals surface area contributed by atoms with Gasteiger partial charge in [-0.2, -0.15) is 0 Å². The van der Waals surface area contributed by atoms with Gasteiger partial charge in [0.05, 0.1) is 0 Å². The molecule has 0 aromatic rings. The Bertz CT molecular complexity index is 1060. The van der Waals surface area contributed by atoms with E-state index in [-0.39, 0.29) is 37.5 Å². The summed E-state index contributed by atoms with van der Waals surface area (Å²) in [4.78, 5) is 38.0. The number of rotatable bonds is 50. The Morgan fingerprint density at radius 2 is 0.603 bits per heavy atom. The molecule has 0 saturated heterocycles. The highest BCUT2D eigenvalue weighted by Crippen LogP contribution is 2.16. The Labute approximate surface area is 391 Å². The van der Waals surface area contributed by atoms with Crippen molar-refractivity contribution < 1.29 is 28.6 Å². The molecule has 1 unspecified atom stereocenters. The zero-order valence-electron chi connectivity index (χ0n) is 42.1. The van der Waals surface area contributed by atoms with Crippen molar-refractivity contribution in [2.75, 3.05) is 13.2 Å². The maximum atomic E-state index is 12.8. The monoisotopic (exact) mass is 885 g/mol. The van der Waals surface area contributed by atoms with Gasteiger partial charge < -0.3 is 14.2 Å². The first-order valence-electron chi connectivity index (χ1n) is 27.5. The predicted molar refractivity (Wildman–Crippen MR) is 270 cm³/mol. The Morgan fingerprint density at radius 3 is 0.968 bits per heavy atom. The molecule has 0 radical (unpaired) electrons. The van der Waals surface area contributed by atoms with Crippen LogP contribution in [0.15, 0.2) is 36.5 Å². The first-order chi connectivity index (χ1) is 31.0. The summed E-state index contributed by atoms with van der Waals surface area (Å²) in [5.74, 6) is -0.968. The van der Waals surface area contributed by atoms with Gasteiger partial charge in [0.15, 0.2) is 6.10 Å². The second-order valence-electron chi connectivity index (χ2n) is 18.5. The van der Waals surface area contributed by atoms with Crippen molar-refractivity contribution in [1.29, 1.82) is 0 Å². The Balaban J connectivity index is 4.36. The van der Waals surface area contributed by atoms with Gasteiger partial charge in [-0.1, -0.05) is 243 Å². The Morgan fingerprint density at radius 1 is 0.317 bits per heavy atom. The molecule has 0 aromatic heterocycles. The fraction of sp³-hybridized carbons (Fsp3) is 0.842. The lowest BCUT2D eigenvalue weighted by Crippen LogP contribution is -2.30. The minimum Gasteiger partial charge on any atom is -0.462 e. The lowest BCUT2D eigenvalue weighted by atomic mass is 10.0. The smallest absolute Gasteiger partial charge is 0.306 e. The maximum Gasteiger partial charge on any atom is 0.306 e. The highest BCUT2D eigenvalue weighted by molar-refractivity contribution is 5.71. The molecule has 0 amide bonds. The van der Waals surface area contributed by atoms with E-state index in [4.69, 9.17) is 14.2 Å². The minimum absolute atomic E-state index is 0.0959. The first-order valence-corrected chi connectivity index (χ1v) is 27.5. The Kier molecular flexibility index (Phi) is 50.3. The summed E-state index contributed by atoms with van der Waals surface area (Å²) in [5.41, 5.74) is 0. The van der Waals surface area contributed by atoms with Crippen LogP contribution < -0.4 is 0 Å². The normalized spacial score (nSPS) is 12.2. The van der Waals surface area contributed by atoms with Crippen molar-refractivity contribution in [2.24, 2.45) is 0 Å². The highest BCUT2D eigenvalue weighted by atomic mass is 16.6. The number of unbranched alkanes of at least 4 members (excludes halogenated alkanes) is 33. The van der Waals surface area contributed by atoms with Gasteiger partial charge in [-0.3, -0.25) is 14.4 Å². The van der Waals surface area contributed by atoms with Crippen LogP contribution in [0.1, 0.15) is 290 Å². The minimum atomic E-state index is -0.804. The lowest BCUT2D eigenvalue weighted by molar-refractivity contribution is -0.166. The van der Waals surface area contributed by atoms with Crippen molar-refractivity contribution in [3.63, 3.8) is 0 Å². The van der Waals surface area contributed by atoms with Crippen LogP contribution in [-0.4, -0.2) is 37.2 Å². The average molecular weight is 885 g/mol. The van der Waals surface area contributed by atoms with Gasteiger partial charge in [-0.15, -0.1) is 0 Å². The van der Waals surface area contributed by atoms with E-state index >= 15 is 0 Å². The van der Waals surface area contributed by atoms with Gasteiger partial charge in [-0.25, -0.2) is 0 Å². The molecule has 0 spiro atoms. The molecule has 0 aliphatic rings. The zero-order chi connectivity index (χ0) is 45.8. The summed E-state index contributed by atoms with van der Waals surface area (Å²) in [6.07, 6.45) is 61.5. The van der Waals surface area contributed by atoms with Gasteiger partial charge in [0.2, 0.25) is 0 Å². The first kappa shape index (κ1) is 60.6. The van der Waals surface area contributed by atoms with Crippen molar-refractivity contribution in [3.8, 4) is 0 Å². The van der Waals surface area contributed by atoms with Crippen molar-refractivity contribution in [3.05, 3.63) is 36.5 Å². The summed E-state index contributed by atoms with van der Waals surface area (Å²) in [6.45, 7) is 6.59. The third kappa shape index (κ3) is 50.5. The molecular weight excluding hydrogens is 781 g/mol. The van der Waals surface area contributed by atoms with Crippen LogP contribution in [0.3, 0.4) is 0 Å². The average Bonchev–Trinajstić information content (AvgIpc) is 3.28. The number of hydrogen-bond acceptors (Lipinski definition) is 6. The largest absolute Gasteiger partial charge is 0.462 e. The van der Waals surface area contributed by atoms with Gasteiger partial charge in [-0.05, 0) is 64.2 Å². The van der Waals surface area contributed by atoms with Crippen LogP contribution in [-0.2, 0) is 28.6 Å². The number of carbonyl (C=O) groups is 3. The molecular formula is C57H104O6. The molecule has 63 heavy (non-hydrogen) atoms. The van der Waals surface area contributed by atoms with Gasteiger partial charge >= 0.3 is 17.9 Å². The molecule has 0 aliphatic heterocycles. The third-order valence-electron chi connectivity index (χ3n) is 12.1. The summed E-state index contributed by atoms with van der Waals surface area (Å²) < 4.78 is 16.7. The highest BCUT2D eigenvalue weighted by Gasteiger charge is 2.19. The van der Waals surface area contributed by atoms with Crippen LogP contribution in [0.5, 0.6) is 0 Å². The summed E-state index contributed by atoms with van der Waals surface area (Å²) >= 11 is 0. The van der Waals surface area contributed by atoms with Crippen LogP contribution in [0, 0.1) is 0 Å². The van der Waals surface area contributed by atoms with E-state index < -0.39 is 6.10 Å². The second kappa shape index (κ2) is 52.3. The maximum absolute atomic E-state index is 12.8. The summed E-state index contributed by atoms with van der Waals surface area (Å²) in [5, 5.41) is 0. The topological polar surface area (TPSA) is 78.9 Å². The molecule has 0 fully saturated rings. The molecule has 0 aliphatic carbocycles. The summed E-state index contributed by atoms with van der Waals surface area (Å²) in [7, 11) is 0. The quantitative estimate of drug-likeness (QED) is 0.0262.